The van der Waals surface area contributed by atoms with Crippen molar-refractivity contribution in [1.82, 2.24) is 0 Å². The summed E-state index contributed by atoms with van der Waals surface area (Å²) in [5.41, 5.74) is 0. The lowest BCUT2D eigenvalue weighted by atomic mass is 10.1. The molecular formula is C10H7FO9S3. The van der Waals surface area contributed by atoms with Gasteiger partial charge in [0.2, 0.25) is 0 Å². The van der Waals surface area contributed by atoms with Crippen molar-refractivity contribution in [1.29, 1.82) is 0 Å². The van der Waals surface area contributed by atoms with Gasteiger partial charge in [-0.2, -0.15) is 25.3 Å². The van der Waals surface area contributed by atoms with Gasteiger partial charge in [-0.1, -0.05) is 0 Å². The van der Waals surface area contributed by atoms with Crippen molar-refractivity contribution in [3.63, 3.8) is 0 Å². The van der Waals surface area contributed by atoms with Crippen molar-refractivity contribution in [2.45, 2.75) is 14.7 Å². The third kappa shape index (κ3) is 3.34. The molecule has 0 spiro atoms. The minimum atomic E-state index is -5.19. The van der Waals surface area contributed by atoms with Crippen LogP contribution >= 0.6 is 0 Å². The van der Waals surface area contributed by atoms with Gasteiger partial charge >= 0.3 is 0 Å². The lowest BCUT2D eigenvalue weighted by Gasteiger charge is -2.10. The molecule has 0 saturated heterocycles. The summed E-state index contributed by atoms with van der Waals surface area (Å²) >= 11 is 0. The quantitative estimate of drug-likeness (QED) is 0.645. The number of halogens is 1. The summed E-state index contributed by atoms with van der Waals surface area (Å²) in [5, 5.41) is -1.81. The molecule has 0 fully saturated rings. The van der Waals surface area contributed by atoms with E-state index in [1.165, 1.54) is 0 Å². The Bertz CT molecular complexity index is 1130. The number of rotatable bonds is 3. The van der Waals surface area contributed by atoms with E-state index < -0.39 is 61.6 Å². The van der Waals surface area contributed by atoms with Gasteiger partial charge in [0.25, 0.3) is 30.4 Å². The third-order valence-corrected chi connectivity index (χ3v) is 5.44. The second-order valence-electron chi connectivity index (χ2n) is 4.31. The summed E-state index contributed by atoms with van der Waals surface area (Å²) in [5.74, 6) is -1.30. The van der Waals surface area contributed by atoms with Crippen LogP contribution in [-0.2, 0) is 30.4 Å². The first kappa shape index (κ1) is 17.7. The molecule has 0 bridgehead atoms. The molecule has 13 heteroatoms. The summed E-state index contributed by atoms with van der Waals surface area (Å²) in [6.45, 7) is 0. The number of fused-ring (bicyclic) bond motifs is 1. The van der Waals surface area contributed by atoms with E-state index >= 15 is 0 Å². The van der Waals surface area contributed by atoms with Crippen LogP contribution in [0.1, 0.15) is 0 Å². The summed E-state index contributed by atoms with van der Waals surface area (Å²) in [7, 11) is -15.2. The van der Waals surface area contributed by atoms with Crippen LogP contribution < -0.4 is 0 Å². The fourth-order valence-corrected chi connectivity index (χ4v) is 3.96. The molecule has 2 aromatic carbocycles. The highest BCUT2D eigenvalue weighted by atomic mass is 32.2. The molecule has 9 nitrogen and oxygen atoms in total. The van der Waals surface area contributed by atoms with Crippen LogP contribution in [0, 0.1) is 5.82 Å². The monoisotopic (exact) mass is 386 g/mol. The molecule has 126 valence electrons. The average Bonchev–Trinajstić information content (AvgIpc) is 2.34. The molecule has 3 N–H and O–H groups in total. The Morgan fingerprint density at radius 2 is 1.26 bits per heavy atom. The molecular weight excluding hydrogens is 379 g/mol. The van der Waals surface area contributed by atoms with E-state index in [1.54, 1.807) is 0 Å². The van der Waals surface area contributed by atoms with Gasteiger partial charge in [0.1, 0.15) is 15.6 Å². The standard InChI is InChI=1S/C10H7FO9S3/c11-7-1-2-8(22(15,16)17)6-3-5(21(12,13)14)4-9(10(6)7)23(18,19)20/h1-4H,(H,12,13,14)(H,15,16,17)(H,18,19,20). The van der Waals surface area contributed by atoms with E-state index in [4.69, 9.17) is 13.7 Å². The van der Waals surface area contributed by atoms with Crippen LogP contribution in [0.15, 0.2) is 39.0 Å². The second kappa shape index (κ2) is 5.19. The molecule has 0 radical (unpaired) electrons. The van der Waals surface area contributed by atoms with Crippen molar-refractivity contribution in [2.75, 3.05) is 0 Å². The molecule has 2 rings (SSSR count). The average molecular weight is 386 g/mol. The maximum absolute atomic E-state index is 13.9. The van der Waals surface area contributed by atoms with Gasteiger partial charge in [0.05, 0.1) is 4.90 Å². The first-order chi connectivity index (χ1) is 10.2. The zero-order chi connectivity index (χ0) is 17.8. The van der Waals surface area contributed by atoms with Crippen molar-refractivity contribution in [3.05, 3.63) is 30.1 Å². The summed E-state index contributed by atoms with van der Waals surface area (Å²) < 4.78 is 109. The molecule has 23 heavy (non-hydrogen) atoms. The van der Waals surface area contributed by atoms with E-state index in [-0.39, 0.29) is 6.07 Å². The SMILES string of the molecule is O=S(=O)(O)c1cc(S(=O)(=O)O)c2c(F)ccc(S(=O)(=O)O)c2c1. The molecule has 2 aromatic rings. The Kier molecular flexibility index (Phi) is 3.99. The first-order valence-corrected chi connectivity index (χ1v) is 9.73. The molecule has 0 saturated carbocycles. The third-order valence-electron chi connectivity index (χ3n) is 2.81. The van der Waals surface area contributed by atoms with Crippen LogP contribution in [-0.4, -0.2) is 38.9 Å². The Morgan fingerprint density at radius 3 is 1.70 bits per heavy atom. The maximum Gasteiger partial charge on any atom is 0.295 e. The zero-order valence-electron chi connectivity index (χ0n) is 10.7. The molecule has 0 atom stereocenters. The maximum atomic E-state index is 13.9. The van der Waals surface area contributed by atoms with Gasteiger partial charge in [-0.05, 0) is 24.3 Å². The van der Waals surface area contributed by atoms with Gasteiger partial charge in [-0.3, -0.25) is 13.7 Å². The van der Waals surface area contributed by atoms with E-state index in [0.717, 1.165) is 0 Å². The highest BCUT2D eigenvalue weighted by molar-refractivity contribution is 7.87. The van der Waals surface area contributed by atoms with Crippen molar-refractivity contribution < 1.29 is 43.3 Å². The molecule has 0 aliphatic heterocycles. The molecule has 0 unspecified atom stereocenters. The van der Waals surface area contributed by atoms with E-state index in [0.29, 0.717) is 18.2 Å². The highest BCUT2D eigenvalue weighted by Crippen LogP contribution is 2.33. The van der Waals surface area contributed by atoms with Crippen LogP contribution in [0.3, 0.4) is 0 Å². The predicted octanol–water partition coefficient (Wildman–Crippen LogP) is 0.719. The summed E-state index contributed by atoms with van der Waals surface area (Å²) in [6, 6.07) is 1.77. The predicted molar refractivity (Wildman–Crippen MR) is 73.3 cm³/mol. The van der Waals surface area contributed by atoms with E-state index in [2.05, 4.69) is 0 Å². The van der Waals surface area contributed by atoms with Crippen LogP contribution in [0.2, 0.25) is 0 Å². The first-order valence-electron chi connectivity index (χ1n) is 5.41. The van der Waals surface area contributed by atoms with Gasteiger partial charge in [-0.15, -0.1) is 0 Å². The van der Waals surface area contributed by atoms with Gasteiger partial charge < -0.3 is 0 Å². The summed E-state index contributed by atoms with van der Waals surface area (Å²) in [4.78, 5) is -3.41. The van der Waals surface area contributed by atoms with Crippen molar-refractivity contribution in [3.8, 4) is 0 Å². The van der Waals surface area contributed by atoms with Crippen LogP contribution in [0.4, 0.5) is 4.39 Å². The minimum absolute atomic E-state index is 0.254. The van der Waals surface area contributed by atoms with Gasteiger partial charge in [0.15, 0.2) is 0 Å². The topological polar surface area (TPSA) is 163 Å². The Morgan fingerprint density at radius 1 is 0.739 bits per heavy atom. The second-order valence-corrected chi connectivity index (χ2v) is 8.52. The molecule has 0 heterocycles. The van der Waals surface area contributed by atoms with E-state index in [9.17, 15) is 29.6 Å². The Hall–Kier alpha value is -1.64. The highest BCUT2D eigenvalue weighted by Gasteiger charge is 2.26. The molecule has 0 aromatic heterocycles. The Labute approximate surface area is 129 Å². The van der Waals surface area contributed by atoms with Gasteiger partial charge in [-0.25, -0.2) is 4.39 Å². The number of hydrogen-bond acceptors (Lipinski definition) is 6. The number of benzene rings is 2. The zero-order valence-corrected chi connectivity index (χ0v) is 13.2. The van der Waals surface area contributed by atoms with Crippen LogP contribution in [0.5, 0.6) is 0 Å². The molecule has 0 amide bonds. The largest absolute Gasteiger partial charge is 0.295 e. The normalized spacial score (nSPS) is 13.4. The number of hydrogen-bond donors (Lipinski definition) is 3. The van der Waals surface area contributed by atoms with Crippen molar-refractivity contribution >= 4 is 41.1 Å². The van der Waals surface area contributed by atoms with E-state index in [1.807, 2.05) is 0 Å². The van der Waals surface area contributed by atoms with Crippen LogP contribution in [0.25, 0.3) is 10.8 Å². The fourth-order valence-electron chi connectivity index (χ4n) is 1.93. The fraction of sp³-hybridized carbons (Fsp3) is 0. The molecule has 0 aliphatic rings. The summed E-state index contributed by atoms with van der Waals surface area (Å²) in [6.07, 6.45) is 0. The lowest BCUT2D eigenvalue weighted by Crippen LogP contribution is -2.08. The Balaban J connectivity index is 3.25. The van der Waals surface area contributed by atoms with Gasteiger partial charge in [0, 0.05) is 10.8 Å². The lowest BCUT2D eigenvalue weighted by molar-refractivity contribution is 0.477. The molecule has 0 aliphatic carbocycles. The smallest absolute Gasteiger partial charge is 0.282 e. The van der Waals surface area contributed by atoms with Crippen molar-refractivity contribution in [2.24, 2.45) is 0 Å². The minimum Gasteiger partial charge on any atom is -0.282 e.